The van der Waals surface area contributed by atoms with Crippen LogP contribution in [0.4, 0.5) is 5.69 Å². The quantitative estimate of drug-likeness (QED) is 0.810. The summed E-state index contributed by atoms with van der Waals surface area (Å²) in [6.45, 7) is 4.27. The molecule has 3 nitrogen and oxygen atoms in total. The van der Waals surface area contributed by atoms with Crippen molar-refractivity contribution >= 4 is 5.69 Å². The molecule has 2 unspecified atom stereocenters. The van der Waals surface area contributed by atoms with E-state index in [0.717, 1.165) is 17.3 Å². The Morgan fingerprint density at radius 1 is 1.53 bits per heavy atom. The number of hydrogen-bond acceptors (Lipinski definition) is 2. The first-order valence-electron chi connectivity index (χ1n) is 6.02. The molecule has 1 saturated carbocycles. The molecular formula is C12H21N3. The van der Waals surface area contributed by atoms with Crippen LogP contribution in [0.1, 0.15) is 50.8 Å². The van der Waals surface area contributed by atoms with E-state index in [9.17, 15) is 0 Å². The van der Waals surface area contributed by atoms with Gasteiger partial charge < -0.3 is 5.73 Å². The summed E-state index contributed by atoms with van der Waals surface area (Å²) in [5, 5.41) is 4.49. The summed E-state index contributed by atoms with van der Waals surface area (Å²) in [6, 6.07) is 0.583. The second kappa shape index (κ2) is 4.25. The Hall–Kier alpha value is -0.990. The van der Waals surface area contributed by atoms with Crippen LogP contribution in [-0.2, 0) is 0 Å². The first-order chi connectivity index (χ1) is 7.20. The molecule has 2 rings (SSSR count). The van der Waals surface area contributed by atoms with Crippen LogP contribution in [0.2, 0.25) is 0 Å². The Kier molecular flexibility index (Phi) is 2.98. The minimum atomic E-state index is 0.583. The molecule has 1 fully saturated rings. The Morgan fingerprint density at radius 3 is 2.93 bits per heavy atom. The molecule has 0 aromatic carbocycles. The van der Waals surface area contributed by atoms with Gasteiger partial charge in [-0.05, 0) is 25.7 Å². The van der Waals surface area contributed by atoms with E-state index in [2.05, 4.69) is 16.7 Å². The molecule has 1 aliphatic carbocycles. The summed E-state index contributed by atoms with van der Waals surface area (Å²) < 4.78 is 2.09. The van der Waals surface area contributed by atoms with Gasteiger partial charge in [-0.25, -0.2) is 0 Å². The molecule has 1 aliphatic rings. The van der Waals surface area contributed by atoms with Crippen molar-refractivity contribution in [2.24, 2.45) is 5.92 Å². The predicted octanol–water partition coefficient (Wildman–Crippen LogP) is 2.92. The van der Waals surface area contributed by atoms with Gasteiger partial charge in [-0.1, -0.05) is 26.2 Å². The standard InChI is InChI=1S/C12H21N3/c1-3-10-5-4-6-11(7-10)15-8-12(13)9(2)14-15/h8,10-11H,3-7,13H2,1-2H3. The van der Waals surface area contributed by atoms with Gasteiger partial charge >= 0.3 is 0 Å². The molecule has 0 bridgehead atoms. The van der Waals surface area contributed by atoms with Crippen LogP contribution in [0.25, 0.3) is 0 Å². The van der Waals surface area contributed by atoms with Crippen LogP contribution in [-0.4, -0.2) is 9.78 Å². The summed E-state index contributed by atoms with van der Waals surface area (Å²) in [7, 11) is 0. The lowest BCUT2D eigenvalue weighted by Crippen LogP contribution is -2.19. The average Bonchev–Trinajstić information content (AvgIpc) is 2.59. The molecule has 0 spiro atoms. The highest BCUT2D eigenvalue weighted by Crippen LogP contribution is 2.34. The summed E-state index contributed by atoms with van der Waals surface area (Å²) in [5.41, 5.74) is 7.62. The van der Waals surface area contributed by atoms with E-state index in [4.69, 9.17) is 5.73 Å². The SMILES string of the molecule is CCC1CCCC(n2cc(N)c(C)n2)C1. The highest BCUT2D eigenvalue weighted by molar-refractivity contribution is 5.39. The largest absolute Gasteiger partial charge is 0.396 e. The maximum absolute atomic E-state index is 5.83. The maximum Gasteiger partial charge on any atom is 0.0823 e. The smallest absolute Gasteiger partial charge is 0.0823 e. The molecule has 84 valence electrons. The third kappa shape index (κ3) is 2.16. The average molecular weight is 207 g/mol. The van der Waals surface area contributed by atoms with Crippen LogP contribution in [0.15, 0.2) is 6.20 Å². The topological polar surface area (TPSA) is 43.8 Å². The Bertz CT molecular complexity index is 310. The van der Waals surface area contributed by atoms with Crippen molar-refractivity contribution in [2.45, 2.75) is 52.0 Å². The van der Waals surface area contributed by atoms with Crippen molar-refractivity contribution in [1.29, 1.82) is 0 Å². The van der Waals surface area contributed by atoms with Crippen LogP contribution in [0.5, 0.6) is 0 Å². The van der Waals surface area contributed by atoms with Gasteiger partial charge in [-0.3, -0.25) is 4.68 Å². The van der Waals surface area contributed by atoms with Gasteiger partial charge in [0.15, 0.2) is 0 Å². The van der Waals surface area contributed by atoms with Gasteiger partial charge in [-0.15, -0.1) is 0 Å². The zero-order valence-corrected chi connectivity index (χ0v) is 9.74. The van der Waals surface area contributed by atoms with E-state index >= 15 is 0 Å². The van der Waals surface area contributed by atoms with E-state index in [1.54, 1.807) is 0 Å². The van der Waals surface area contributed by atoms with Crippen molar-refractivity contribution < 1.29 is 0 Å². The van der Waals surface area contributed by atoms with Crippen LogP contribution in [0.3, 0.4) is 0 Å². The lowest BCUT2D eigenvalue weighted by molar-refractivity contribution is 0.247. The summed E-state index contributed by atoms with van der Waals surface area (Å²) >= 11 is 0. The number of aryl methyl sites for hydroxylation is 1. The van der Waals surface area contributed by atoms with Gasteiger partial charge in [0, 0.05) is 6.20 Å². The van der Waals surface area contributed by atoms with E-state index in [1.165, 1.54) is 32.1 Å². The maximum atomic E-state index is 5.83. The fourth-order valence-electron chi connectivity index (χ4n) is 2.56. The second-order valence-electron chi connectivity index (χ2n) is 4.74. The monoisotopic (exact) mass is 207 g/mol. The molecule has 3 heteroatoms. The molecular weight excluding hydrogens is 186 g/mol. The number of hydrogen-bond donors (Lipinski definition) is 1. The van der Waals surface area contributed by atoms with Gasteiger partial charge in [0.05, 0.1) is 17.4 Å². The summed E-state index contributed by atoms with van der Waals surface area (Å²) in [6.07, 6.45) is 8.56. The third-order valence-electron chi connectivity index (χ3n) is 3.66. The van der Waals surface area contributed by atoms with E-state index in [-0.39, 0.29) is 0 Å². The van der Waals surface area contributed by atoms with Gasteiger partial charge in [0.2, 0.25) is 0 Å². The van der Waals surface area contributed by atoms with E-state index in [0.29, 0.717) is 6.04 Å². The minimum absolute atomic E-state index is 0.583. The number of nitrogens with zero attached hydrogens (tertiary/aromatic N) is 2. The molecule has 2 atom stereocenters. The van der Waals surface area contributed by atoms with E-state index in [1.807, 2.05) is 13.1 Å². The van der Waals surface area contributed by atoms with Crippen LogP contribution < -0.4 is 5.73 Å². The lowest BCUT2D eigenvalue weighted by atomic mass is 9.84. The Balaban J connectivity index is 2.09. The molecule has 1 aromatic rings. The van der Waals surface area contributed by atoms with Crippen LogP contribution in [0, 0.1) is 12.8 Å². The molecule has 0 amide bonds. The zero-order valence-electron chi connectivity index (χ0n) is 9.74. The van der Waals surface area contributed by atoms with Crippen molar-refractivity contribution in [2.75, 3.05) is 5.73 Å². The zero-order chi connectivity index (χ0) is 10.8. The van der Waals surface area contributed by atoms with Crippen LogP contribution >= 0.6 is 0 Å². The first-order valence-corrected chi connectivity index (χ1v) is 6.02. The predicted molar refractivity (Wildman–Crippen MR) is 62.7 cm³/mol. The Labute approximate surface area is 91.7 Å². The van der Waals surface area contributed by atoms with Gasteiger partial charge in [-0.2, -0.15) is 5.10 Å². The van der Waals surface area contributed by atoms with Crippen molar-refractivity contribution in [1.82, 2.24) is 9.78 Å². The molecule has 0 saturated heterocycles. The fourth-order valence-corrected chi connectivity index (χ4v) is 2.56. The molecule has 1 aromatic heterocycles. The van der Waals surface area contributed by atoms with Crippen molar-refractivity contribution in [3.8, 4) is 0 Å². The van der Waals surface area contributed by atoms with Crippen molar-refractivity contribution in [3.63, 3.8) is 0 Å². The number of rotatable bonds is 2. The normalized spacial score (nSPS) is 26.8. The first kappa shape index (κ1) is 10.5. The number of anilines is 1. The second-order valence-corrected chi connectivity index (χ2v) is 4.74. The van der Waals surface area contributed by atoms with Gasteiger partial charge in [0.1, 0.15) is 0 Å². The van der Waals surface area contributed by atoms with Crippen molar-refractivity contribution in [3.05, 3.63) is 11.9 Å². The summed E-state index contributed by atoms with van der Waals surface area (Å²) in [5.74, 6) is 0.884. The van der Waals surface area contributed by atoms with E-state index < -0.39 is 0 Å². The highest BCUT2D eigenvalue weighted by Gasteiger charge is 2.22. The molecule has 0 radical (unpaired) electrons. The molecule has 15 heavy (non-hydrogen) atoms. The molecule has 2 N–H and O–H groups in total. The number of aromatic nitrogens is 2. The lowest BCUT2D eigenvalue weighted by Gasteiger charge is -2.28. The molecule has 0 aliphatic heterocycles. The van der Waals surface area contributed by atoms with Gasteiger partial charge in [0.25, 0.3) is 0 Å². The number of nitrogen functional groups attached to an aromatic ring is 1. The fraction of sp³-hybridized carbons (Fsp3) is 0.750. The number of nitrogens with two attached hydrogens (primary N) is 1. The summed E-state index contributed by atoms with van der Waals surface area (Å²) in [4.78, 5) is 0. The Morgan fingerprint density at radius 2 is 2.33 bits per heavy atom. The minimum Gasteiger partial charge on any atom is -0.396 e. The molecule has 1 heterocycles. The highest BCUT2D eigenvalue weighted by atomic mass is 15.3. The third-order valence-corrected chi connectivity index (χ3v) is 3.66.